The molecular formula is C15H10ClN3O2. The lowest BCUT2D eigenvalue weighted by molar-refractivity contribution is 0.481. The monoisotopic (exact) mass is 299 g/mol. The largest absolute Gasteiger partial charge is 0.505 e. The number of aromatic nitrogens is 1. The van der Waals surface area contributed by atoms with Gasteiger partial charge in [0.2, 0.25) is 0 Å². The third-order valence-corrected chi connectivity index (χ3v) is 3.18. The number of fused-ring (bicyclic) bond motifs is 1. The third-order valence-electron chi connectivity index (χ3n) is 2.94. The molecule has 0 amide bonds. The van der Waals surface area contributed by atoms with E-state index in [0.29, 0.717) is 21.6 Å². The standard InChI is InChI=1S/C15H10ClN3O2/c16-9-4-3-5-10(8-9)18-19-13-14(20)11-6-1-2-7-12(11)17-15(13)21/h1-8H,(H2,17,20,21). The number of nitrogens with one attached hydrogen (secondary N) is 1. The van der Waals surface area contributed by atoms with Crippen LogP contribution in [0.5, 0.6) is 5.75 Å². The fourth-order valence-corrected chi connectivity index (χ4v) is 2.14. The molecule has 1 aromatic heterocycles. The topological polar surface area (TPSA) is 77.8 Å². The van der Waals surface area contributed by atoms with Crippen molar-refractivity contribution in [3.05, 3.63) is 63.9 Å². The van der Waals surface area contributed by atoms with E-state index >= 15 is 0 Å². The SMILES string of the molecule is O=c1[nH]c2ccccc2c(O)c1N=Nc1cccc(Cl)c1. The zero-order valence-electron chi connectivity index (χ0n) is 10.7. The Bertz CT molecular complexity index is 903. The Labute approximate surface area is 124 Å². The summed E-state index contributed by atoms with van der Waals surface area (Å²) in [4.78, 5) is 14.6. The second-order valence-corrected chi connectivity index (χ2v) is 4.81. The van der Waals surface area contributed by atoms with Crippen molar-refractivity contribution >= 4 is 33.9 Å². The van der Waals surface area contributed by atoms with Gasteiger partial charge in [0.15, 0.2) is 11.4 Å². The number of azo groups is 1. The van der Waals surface area contributed by atoms with Gasteiger partial charge in [-0.05, 0) is 30.3 Å². The molecule has 0 atom stereocenters. The average Bonchev–Trinajstić information content (AvgIpc) is 2.47. The quantitative estimate of drug-likeness (QED) is 0.692. The van der Waals surface area contributed by atoms with Crippen molar-refractivity contribution in [3.63, 3.8) is 0 Å². The number of hydrogen-bond donors (Lipinski definition) is 2. The van der Waals surface area contributed by atoms with E-state index in [0.717, 1.165) is 0 Å². The number of halogens is 1. The number of nitrogens with zero attached hydrogens (tertiary/aromatic N) is 2. The summed E-state index contributed by atoms with van der Waals surface area (Å²) in [5, 5.41) is 19.0. The highest BCUT2D eigenvalue weighted by atomic mass is 35.5. The summed E-state index contributed by atoms with van der Waals surface area (Å²) in [6.07, 6.45) is 0. The minimum absolute atomic E-state index is 0.131. The zero-order chi connectivity index (χ0) is 14.8. The predicted octanol–water partition coefficient (Wildman–Crippen LogP) is 4.30. The number of hydrogen-bond acceptors (Lipinski definition) is 4. The molecule has 0 aliphatic carbocycles. The Morgan fingerprint density at radius 3 is 2.67 bits per heavy atom. The van der Waals surface area contributed by atoms with Gasteiger partial charge in [0.25, 0.3) is 5.56 Å². The van der Waals surface area contributed by atoms with Crippen LogP contribution in [0.25, 0.3) is 10.9 Å². The molecule has 104 valence electrons. The highest BCUT2D eigenvalue weighted by molar-refractivity contribution is 6.30. The maximum absolute atomic E-state index is 11.9. The number of rotatable bonds is 2. The summed E-state index contributed by atoms with van der Waals surface area (Å²) in [6.45, 7) is 0. The molecule has 0 spiro atoms. The normalized spacial score (nSPS) is 11.3. The molecule has 21 heavy (non-hydrogen) atoms. The van der Waals surface area contributed by atoms with Crippen molar-refractivity contribution in [2.24, 2.45) is 10.2 Å². The minimum atomic E-state index is -0.503. The van der Waals surface area contributed by atoms with E-state index in [1.165, 1.54) is 0 Å². The number of para-hydroxylation sites is 1. The minimum Gasteiger partial charge on any atom is -0.505 e. The third kappa shape index (κ3) is 2.64. The Morgan fingerprint density at radius 1 is 1.05 bits per heavy atom. The highest BCUT2D eigenvalue weighted by Crippen LogP contribution is 2.31. The first-order chi connectivity index (χ1) is 10.1. The van der Waals surface area contributed by atoms with Crippen LogP contribution in [0.15, 0.2) is 63.6 Å². The van der Waals surface area contributed by atoms with Gasteiger partial charge in [-0.3, -0.25) is 4.79 Å². The van der Waals surface area contributed by atoms with Crippen LogP contribution in [0.4, 0.5) is 11.4 Å². The number of H-pyrrole nitrogens is 1. The van der Waals surface area contributed by atoms with Gasteiger partial charge in [-0.1, -0.05) is 29.8 Å². The lowest BCUT2D eigenvalue weighted by atomic mass is 10.2. The summed E-state index contributed by atoms with van der Waals surface area (Å²) in [6, 6.07) is 13.7. The number of aromatic hydroxyl groups is 1. The molecule has 1 heterocycles. The second-order valence-electron chi connectivity index (χ2n) is 4.38. The van der Waals surface area contributed by atoms with Crippen LogP contribution in [0.2, 0.25) is 5.02 Å². The molecule has 0 aliphatic heterocycles. The first kappa shape index (κ1) is 13.3. The molecule has 2 N–H and O–H groups in total. The lowest BCUT2D eigenvalue weighted by Gasteiger charge is -2.02. The Balaban J connectivity index is 2.10. The first-order valence-electron chi connectivity index (χ1n) is 6.16. The van der Waals surface area contributed by atoms with Crippen LogP contribution in [-0.2, 0) is 0 Å². The molecule has 0 saturated carbocycles. The maximum atomic E-state index is 11.9. The van der Waals surface area contributed by atoms with Crippen LogP contribution >= 0.6 is 11.6 Å². The van der Waals surface area contributed by atoms with Crippen molar-refractivity contribution in [1.29, 1.82) is 0 Å². The Hall–Kier alpha value is -2.66. The van der Waals surface area contributed by atoms with Crippen LogP contribution in [0.3, 0.4) is 0 Å². The van der Waals surface area contributed by atoms with Crippen LogP contribution in [0, 0.1) is 0 Å². The van der Waals surface area contributed by atoms with E-state index in [1.54, 1.807) is 48.5 Å². The van der Waals surface area contributed by atoms with Gasteiger partial charge in [0, 0.05) is 10.4 Å². The molecule has 6 heteroatoms. The van der Waals surface area contributed by atoms with Gasteiger partial charge in [0.1, 0.15) is 0 Å². The van der Waals surface area contributed by atoms with E-state index in [4.69, 9.17) is 11.6 Å². The maximum Gasteiger partial charge on any atom is 0.280 e. The van der Waals surface area contributed by atoms with Gasteiger partial charge in [-0.25, -0.2) is 0 Å². The van der Waals surface area contributed by atoms with Crippen molar-refractivity contribution in [2.75, 3.05) is 0 Å². The van der Waals surface area contributed by atoms with Crippen molar-refractivity contribution in [2.45, 2.75) is 0 Å². The first-order valence-corrected chi connectivity index (χ1v) is 6.54. The van der Waals surface area contributed by atoms with Gasteiger partial charge >= 0.3 is 0 Å². The smallest absolute Gasteiger partial charge is 0.280 e. The molecule has 5 nitrogen and oxygen atoms in total. The Morgan fingerprint density at radius 2 is 1.86 bits per heavy atom. The van der Waals surface area contributed by atoms with Crippen molar-refractivity contribution in [3.8, 4) is 5.75 Å². The molecule has 2 aromatic carbocycles. The number of pyridine rings is 1. The second kappa shape index (κ2) is 5.38. The molecule has 0 radical (unpaired) electrons. The molecule has 0 bridgehead atoms. The van der Waals surface area contributed by atoms with Crippen LogP contribution in [0.1, 0.15) is 0 Å². The summed E-state index contributed by atoms with van der Waals surface area (Å²) in [7, 11) is 0. The highest BCUT2D eigenvalue weighted by Gasteiger charge is 2.10. The summed E-state index contributed by atoms with van der Waals surface area (Å²) in [5.41, 5.74) is 0.404. The number of aromatic amines is 1. The van der Waals surface area contributed by atoms with E-state index in [2.05, 4.69) is 15.2 Å². The lowest BCUT2D eigenvalue weighted by Crippen LogP contribution is -2.04. The average molecular weight is 300 g/mol. The predicted molar refractivity (Wildman–Crippen MR) is 81.9 cm³/mol. The van der Waals surface area contributed by atoms with E-state index in [9.17, 15) is 9.90 Å². The molecule has 3 aromatic rings. The van der Waals surface area contributed by atoms with Crippen LogP contribution in [-0.4, -0.2) is 10.1 Å². The molecule has 0 fully saturated rings. The fraction of sp³-hybridized carbons (Fsp3) is 0. The number of benzene rings is 2. The van der Waals surface area contributed by atoms with Crippen molar-refractivity contribution < 1.29 is 5.11 Å². The van der Waals surface area contributed by atoms with Gasteiger partial charge in [-0.2, -0.15) is 5.11 Å². The van der Waals surface area contributed by atoms with E-state index in [-0.39, 0.29) is 11.4 Å². The molecule has 0 unspecified atom stereocenters. The van der Waals surface area contributed by atoms with Gasteiger partial charge < -0.3 is 10.1 Å². The van der Waals surface area contributed by atoms with Gasteiger partial charge in [0.05, 0.1) is 11.2 Å². The molecule has 0 aliphatic rings. The summed E-state index contributed by atoms with van der Waals surface area (Å²) >= 11 is 5.85. The van der Waals surface area contributed by atoms with E-state index < -0.39 is 5.56 Å². The summed E-state index contributed by atoms with van der Waals surface area (Å²) in [5.74, 6) is -0.194. The Kier molecular flexibility index (Phi) is 3.41. The van der Waals surface area contributed by atoms with Crippen molar-refractivity contribution in [1.82, 2.24) is 4.98 Å². The van der Waals surface area contributed by atoms with Gasteiger partial charge in [-0.15, -0.1) is 5.11 Å². The zero-order valence-corrected chi connectivity index (χ0v) is 11.5. The van der Waals surface area contributed by atoms with E-state index in [1.807, 2.05) is 0 Å². The van der Waals surface area contributed by atoms with Crippen LogP contribution < -0.4 is 5.56 Å². The summed E-state index contributed by atoms with van der Waals surface area (Å²) < 4.78 is 0. The fourth-order valence-electron chi connectivity index (χ4n) is 1.95. The molecule has 0 saturated heterocycles. The molecular weight excluding hydrogens is 290 g/mol. The molecule has 3 rings (SSSR count).